The highest BCUT2D eigenvalue weighted by Gasteiger charge is 2.09. The Hall–Kier alpha value is -2.14. The summed E-state index contributed by atoms with van der Waals surface area (Å²) in [6.45, 7) is 2.62. The number of nitrogens with two attached hydrogens (primary N) is 1. The van der Waals surface area contributed by atoms with E-state index < -0.39 is 0 Å². The number of rotatable bonds is 5. The van der Waals surface area contributed by atoms with Crippen LogP contribution < -0.4 is 15.8 Å². The van der Waals surface area contributed by atoms with Crippen molar-refractivity contribution in [1.29, 1.82) is 0 Å². The first-order valence-electron chi connectivity index (χ1n) is 6.27. The Bertz CT molecular complexity index is 610. The first-order chi connectivity index (χ1) is 9.60. The lowest BCUT2D eigenvalue weighted by atomic mass is 10.3. The second-order valence-corrected chi connectivity index (χ2v) is 4.70. The topological polar surface area (TPSA) is 80.1 Å². The number of hydrogen-bond donors (Lipinski definition) is 3. The predicted octanol–water partition coefficient (Wildman–Crippen LogP) is 3.29. The van der Waals surface area contributed by atoms with Gasteiger partial charge < -0.3 is 20.8 Å². The molecule has 1 aromatic carbocycles. The van der Waals surface area contributed by atoms with Crippen LogP contribution in [0.2, 0.25) is 5.02 Å². The molecule has 0 aliphatic heterocycles. The molecule has 1 heterocycles. The highest BCUT2D eigenvalue weighted by molar-refractivity contribution is 6.32. The molecule has 2 aromatic rings. The van der Waals surface area contributed by atoms with Crippen molar-refractivity contribution in [3.8, 4) is 5.75 Å². The summed E-state index contributed by atoms with van der Waals surface area (Å²) in [4.78, 5) is 14.7. The minimum absolute atomic E-state index is 0.278. The first-order valence-corrected chi connectivity index (χ1v) is 6.65. The van der Waals surface area contributed by atoms with Crippen molar-refractivity contribution < 1.29 is 9.53 Å². The Kier molecular flexibility index (Phi) is 4.53. The third-order valence-electron chi connectivity index (χ3n) is 2.60. The molecule has 0 saturated carbocycles. The maximum atomic E-state index is 11.9. The number of halogens is 1. The molecule has 4 N–H and O–H groups in total. The molecule has 1 aromatic heterocycles. The van der Waals surface area contributed by atoms with Crippen molar-refractivity contribution in [3.63, 3.8) is 0 Å². The molecule has 0 aliphatic rings. The molecule has 5 nitrogen and oxygen atoms in total. The monoisotopic (exact) mass is 293 g/mol. The van der Waals surface area contributed by atoms with Gasteiger partial charge in [-0.15, -0.1) is 0 Å². The molecule has 6 heteroatoms. The van der Waals surface area contributed by atoms with Crippen LogP contribution in [0.1, 0.15) is 23.8 Å². The Morgan fingerprint density at radius 2 is 2.25 bits per heavy atom. The molecule has 106 valence electrons. The largest absolute Gasteiger partial charge is 0.492 e. The minimum Gasteiger partial charge on any atom is -0.492 e. The molecule has 1 amide bonds. The van der Waals surface area contributed by atoms with E-state index in [2.05, 4.69) is 10.3 Å². The third-order valence-corrected chi connectivity index (χ3v) is 2.90. The van der Waals surface area contributed by atoms with Crippen LogP contribution in [0.5, 0.6) is 5.75 Å². The lowest BCUT2D eigenvalue weighted by Gasteiger charge is -2.09. The molecule has 0 unspecified atom stereocenters. The van der Waals surface area contributed by atoms with Crippen LogP contribution in [0.25, 0.3) is 0 Å². The van der Waals surface area contributed by atoms with Gasteiger partial charge in [0.25, 0.3) is 5.91 Å². The van der Waals surface area contributed by atoms with E-state index >= 15 is 0 Å². The summed E-state index contributed by atoms with van der Waals surface area (Å²) in [7, 11) is 0. The number of carbonyl (C=O) groups excluding carboxylic acids is 1. The summed E-state index contributed by atoms with van der Waals surface area (Å²) >= 11 is 6.09. The van der Waals surface area contributed by atoms with Gasteiger partial charge in [0.2, 0.25) is 0 Å². The number of amides is 1. The van der Waals surface area contributed by atoms with Crippen molar-refractivity contribution in [2.24, 2.45) is 0 Å². The number of nitrogens with one attached hydrogen (secondary N) is 2. The molecule has 20 heavy (non-hydrogen) atoms. The van der Waals surface area contributed by atoms with Crippen molar-refractivity contribution in [2.75, 3.05) is 17.7 Å². The molecule has 2 rings (SSSR count). The van der Waals surface area contributed by atoms with E-state index in [0.29, 0.717) is 34.4 Å². The number of ether oxygens (including phenoxy) is 1. The standard InChI is InChI=1S/C14H16ClN3O2/c1-2-5-20-13-4-3-10(7-11(13)15)18-14(19)12-6-9(16)8-17-12/h3-4,6-8,17H,2,5,16H2,1H3,(H,18,19). The fourth-order valence-electron chi connectivity index (χ4n) is 1.65. The molecule has 0 bridgehead atoms. The highest BCUT2D eigenvalue weighted by atomic mass is 35.5. The summed E-state index contributed by atoms with van der Waals surface area (Å²) in [6, 6.07) is 6.68. The van der Waals surface area contributed by atoms with Gasteiger partial charge >= 0.3 is 0 Å². The normalized spacial score (nSPS) is 10.3. The van der Waals surface area contributed by atoms with Gasteiger partial charge in [-0.1, -0.05) is 18.5 Å². The number of carbonyl (C=O) groups is 1. The van der Waals surface area contributed by atoms with Crippen LogP contribution >= 0.6 is 11.6 Å². The molecule has 0 aliphatic carbocycles. The van der Waals surface area contributed by atoms with Crippen molar-refractivity contribution >= 4 is 28.9 Å². The summed E-state index contributed by atoms with van der Waals surface area (Å²) in [5.41, 5.74) is 7.05. The Morgan fingerprint density at radius 1 is 1.45 bits per heavy atom. The van der Waals surface area contributed by atoms with Crippen molar-refractivity contribution in [1.82, 2.24) is 4.98 Å². The number of anilines is 2. The molecular formula is C14H16ClN3O2. The Balaban J connectivity index is 2.06. The van der Waals surface area contributed by atoms with E-state index in [-0.39, 0.29) is 5.91 Å². The van der Waals surface area contributed by atoms with Gasteiger partial charge in [-0.2, -0.15) is 0 Å². The zero-order chi connectivity index (χ0) is 14.5. The summed E-state index contributed by atoms with van der Waals surface area (Å²) in [5, 5.41) is 3.19. The van der Waals surface area contributed by atoms with Gasteiger partial charge in [0.05, 0.1) is 11.6 Å². The maximum Gasteiger partial charge on any atom is 0.272 e. The van der Waals surface area contributed by atoms with Crippen LogP contribution in [0.15, 0.2) is 30.5 Å². The fraction of sp³-hybridized carbons (Fsp3) is 0.214. The van der Waals surface area contributed by atoms with Gasteiger partial charge in [0.1, 0.15) is 11.4 Å². The fourth-order valence-corrected chi connectivity index (χ4v) is 1.88. The summed E-state index contributed by atoms with van der Waals surface area (Å²) in [6.07, 6.45) is 2.46. The molecule has 0 fully saturated rings. The van der Waals surface area contributed by atoms with E-state index in [0.717, 1.165) is 6.42 Å². The molecule has 0 radical (unpaired) electrons. The van der Waals surface area contributed by atoms with Crippen LogP contribution in [0.3, 0.4) is 0 Å². The lowest BCUT2D eigenvalue weighted by Crippen LogP contribution is -2.12. The first kappa shape index (κ1) is 14.3. The van der Waals surface area contributed by atoms with E-state index in [1.165, 1.54) is 0 Å². The smallest absolute Gasteiger partial charge is 0.272 e. The van der Waals surface area contributed by atoms with Crippen LogP contribution in [0.4, 0.5) is 11.4 Å². The van der Waals surface area contributed by atoms with E-state index in [1.54, 1.807) is 30.5 Å². The van der Waals surface area contributed by atoms with Crippen LogP contribution in [0, 0.1) is 0 Å². The molecular weight excluding hydrogens is 278 g/mol. The van der Waals surface area contributed by atoms with E-state index in [4.69, 9.17) is 22.1 Å². The van der Waals surface area contributed by atoms with Gasteiger partial charge in [-0.05, 0) is 30.7 Å². The SMILES string of the molecule is CCCOc1ccc(NC(=O)c2cc(N)c[nH]2)cc1Cl. The number of benzene rings is 1. The zero-order valence-corrected chi connectivity index (χ0v) is 11.8. The van der Waals surface area contributed by atoms with E-state index in [1.807, 2.05) is 6.92 Å². The third kappa shape index (κ3) is 3.45. The number of hydrogen-bond acceptors (Lipinski definition) is 3. The van der Waals surface area contributed by atoms with Gasteiger partial charge in [-0.25, -0.2) is 0 Å². The number of nitrogen functional groups attached to an aromatic ring is 1. The van der Waals surface area contributed by atoms with Crippen molar-refractivity contribution in [2.45, 2.75) is 13.3 Å². The van der Waals surface area contributed by atoms with Gasteiger partial charge in [0.15, 0.2) is 0 Å². The number of aromatic amines is 1. The van der Waals surface area contributed by atoms with Crippen LogP contribution in [-0.4, -0.2) is 17.5 Å². The zero-order valence-electron chi connectivity index (χ0n) is 11.1. The second-order valence-electron chi connectivity index (χ2n) is 4.29. The number of H-pyrrole nitrogens is 1. The second kappa shape index (κ2) is 6.34. The average Bonchev–Trinajstić information content (AvgIpc) is 2.85. The number of aromatic nitrogens is 1. The summed E-state index contributed by atoms with van der Waals surface area (Å²) < 4.78 is 5.47. The quantitative estimate of drug-likeness (QED) is 0.791. The Labute approximate surface area is 122 Å². The van der Waals surface area contributed by atoms with E-state index in [9.17, 15) is 4.79 Å². The molecule has 0 saturated heterocycles. The molecule has 0 spiro atoms. The predicted molar refractivity (Wildman–Crippen MR) is 80.4 cm³/mol. The summed E-state index contributed by atoms with van der Waals surface area (Å²) in [5.74, 6) is 0.329. The average molecular weight is 294 g/mol. The highest BCUT2D eigenvalue weighted by Crippen LogP contribution is 2.28. The lowest BCUT2D eigenvalue weighted by molar-refractivity contribution is 0.102. The Morgan fingerprint density at radius 3 is 2.85 bits per heavy atom. The minimum atomic E-state index is -0.278. The van der Waals surface area contributed by atoms with Gasteiger partial charge in [0, 0.05) is 17.6 Å². The van der Waals surface area contributed by atoms with Crippen LogP contribution in [-0.2, 0) is 0 Å². The maximum absolute atomic E-state index is 11.9. The van der Waals surface area contributed by atoms with Crippen molar-refractivity contribution in [3.05, 3.63) is 41.2 Å². The van der Waals surface area contributed by atoms with Gasteiger partial charge in [-0.3, -0.25) is 4.79 Å². The molecule has 0 atom stereocenters.